The number of aryl methyl sites for hydroxylation is 1. The lowest BCUT2D eigenvalue weighted by Crippen LogP contribution is -2.26. The summed E-state index contributed by atoms with van der Waals surface area (Å²) in [6.45, 7) is 3.36. The largest absolute Gasteiger partial charge is 0.454 e. The molecule has 0 aromatic heterocycles. The highest BCUT2D eigenvalue weighted by Crippen LogP contribution is 2.35. The molecule has 0 fully saturated rings. The summed E-state index contributed by atoms with van der Waals surface area (Å²) in [5.74, 6) is 1.74. The minimum atomic E-state index is 0.329. The molecule has 2 aromatic rings. The Morgan fingerprint density at radius 1 is 1.05 bits per heavy atom. The van der Waals surface area contributed by atoms with Crippen molar-refractivity contribution in [3.05, 3.63) is 59.7 Å². The molecule has 3 rings (SSSR count). The Morgan fingerprint density at radius 2 is 1.90 bits per heavy atom. The van der Waals surface area contributed by atoms with E-state index in [-0.39, 0.29) is 0 Å². The van der Waals surface area contributed by atoms with Crippen molar-refractivity contribution in [3.8, 4) is 11.5 Å². The zero-order valence-corrected chi connectivity index (χ0v) is 12.3. The molecular weight excluding hydrogens is 262 g/mol. The van der Waals surface area contributed by atoms with Crippen LogP contribution in [0, 0.1) is 0 Å². The van der Waals surface area contributed by atoms with E-state index in [9.17, 15) is 0 Å². The van der Waals surface area contributed by atoms with E-state index in [2.05, 4.69) is 48.6 Å². The Balaban J connectivity index is 1.50. The Hall–Kier alpha value is -2.00. The van der Waals surface area contributed by atoms with Crippen LogP contribution in [0.15, 0.2) is 48.5 Å². The van der Waals surface area contributed by atoms with Gasteiger partial charge in [-0.15, -0.1) is 0 Å². The molecule has 0 saturated carbocycles. The number of fused-ring (bicyclic) bond motifs is 1. The summed E-state index contributed by atoms with van der Waals surface area (Å²) in [4.78, 5) is 0. The number of rotatable bonds is 6. The van der Waals surface area contributed by atoms with E-state index in [0.717, 1.165) is 36.4 Å². The molecule has 3 heteroatoms. The van der Waals surface area contributed by atoms with Crippen LogP contribution in [0.2, 0.25) is 0 Å². The fourth-order valence-corrected chi connectivity index (χ4v) is 2.54. The fraction of sp³-hybridized carbons (Fsp3) is 0.333. The van der Waals surface area contributed by atoms with Crippen LogP contribution in [-0.2, 0) is 13.0 Å². The molecule has 110 valence electrons. The highest BCUT2D eigenvalue weighted by atomic mass is 16.7. The minimum absolute atomic E-state index is 0.329. The lowest BCUT2D eigenvalue weighted by molar-refractivity contribution is 0.173. The van der Waals surface area contributed by atoms with Gasteiger partial charge in [-0.2, -0.15) is 0 Å². The summed E-state index contributed by atoms with van der Waals surface area (Å²) in [5.41, 5.74) is 2.56. The van der Waals surface area contributed by atoms with Gasteiger partial charge in [0, 0.05) is 18.2 Å². The molecule has 0 aliphatic carbocycles. The van der Waals surface area contributed by atoms with E-state index >= 15 is 0 Å². The van der Waals surface area contributed by atoms with Crippen LogP contribution in [0.1, 0.15) is 24.5 Å². The van der Waals surface area contributed by atoms with E-state index in [4.69, 9.17) is 9.47 Å². The number of benzene rings is 2. The molecular formula is C18H21NO2. The van der Waals surface area contributed by atoms with Gasteiger partial charge in [-0.25, -0.2) is 0 Å². The van der Waals surface area contributed by atoms with Crippen molar-refractivity contribution in [1.82, 2.24) is 5.32 Å². The summed E-state index contributed by atoms with van der Waals surface area (Å²) in [6, 6.07) is 17.1. The van der Waals surface area contributed by atoms with Gasteiger partial charge in [-0.05, 0) is 31.4 Å². The van der Waals surface area contributed by atoms with Gasteiger partial charge in [0.05, 0.1) is 0 Å². The van der Waals surface area contributed by atoms with Gasteiger partial charge in [0.1, 0.15) is 0 Å². The first-order chi connectivity index (χ1) is 10.3. The highest BCUT2D eigenvalue weighted by Gasteiger charge is 2.17. The monoisotopic (exact) mass is 283 g/mol. The van der Waals surface area contributed by atoms with Crippen LogP contribution >= 0.6 is 0 Å². The third-order valence-corrected chi connectivity index (χ3v) is 3.83. The van der Waals surface area contributed by atoms with Gasteiger partial charge in [0.15, 0.2) is 11.5 Å². The number of hydrogen-bond acceptors (Lipinski definition) is 3. The number of hydrogen-bond donors (Lipinski definition) is 1. The van der Waals surface area contributed by atoms with E-state index in [0.29, 0.717) is 12.8 Å². The van der Waals surface area contributed by atoms with Crippen LogP contribution in [0.5, 0.6) is 11.5 Å². The van der Waals surface area contributed by atoms with Crippen molar-refractivity contribution in [2.45, 2.75) is 32.4 Å². The van der Waals surface area contributed by atoms with Crippen molar-refractivity contribution >= 4 is 0 Å². The number of para-hydroxylation sites is 1. The summed E-state index contributed by atoms with van der Waals surface area (Å²) < 4.78 is 10.9. The summed E-state index contributed by atoms with van der Waals surface area (Å²) >= 11 is 0. The molecule has 1 heterocycles. The van der Waals surface area contributed by atoms with Gasteiger partial charge in [0.2, 0.25) is 6.79 Å². The van der Waals surface area contributed by atoms with Crippen molar-refractivity contribution < 1.29 is 9.47 Å². The maximum Gasteiger partial charge on any atom is 0.231 e. The molecule has 0 bridgehead atoms. The molecule has 0 amide bonds. The number of ether oxygens (including phenoxy) is 2. The van der Waals surface area contributed by atoms with Crippen LogP contribution in [0.25, 0.3) is 0 Å². The zero-order chi connectivity index (χ0) is 14.5. The molecule has 0 unspecified atom stereocenters. The first kappa shape index (κ1) is 14.0. The molecule has 0 spiro atoms. The van der Waals surface area contributed by atoms with Gasteiger partial charge in [-0.3, -0.25) is 0 Å². The first-order valence-corrected chi connectivity index (χ1v) is 7.48. The van der Waals surface area contributed by atoms with Crippen molar-refractivity contribution in [1.29, 1.82) is 0 Å². The van der Waals surface area contributed by atoms with Gasteiger partial charge >= 0.3 is 0 Å². The molecule has 1 N–H and O–H groups in total. The molecule has 0 saturated heterocycles. The molecule has 2 aromatic carbocycles. The minimum Gasteiger partial charge on any atom is -0.454 e. The van der Waals surface area contributed by atoms with Gasteiger partial charge < -0.3 is 14.8 Å². The predicted molar refractivity (Wildman–Crippen MR) is 83.6 cm³/mol. The van der Waals surface area contributed by atoms with Crippen molar-refractivity contribution in [2.24, 2.45) is 0 Å². The Morgan fingerprint density at radius 3 is 2.76 bits per heavy atom. The summed E-state index contributed by atoms with van der Waals surface area (Å²) in [5, 5.41) is 3.56. The Kier molecular flexibility index (Phi) is 4.41. The molecule has 1 aliphatic rings. The SMILES string of the molecule is C[C@H](CCc1ccccc1)NCc1cccc2c1OCO2. The molecule has 21 heavy (non-hydrogen) atoms. The second-order valence-electron chi connectivity index (χ2n) is 5.46. The molecule has 1 atom stereocenters. The quantitative estimate of drug-likeness (QED) is 0.880. The maximum atomic E-state index is 5.53. The number of nitrogens with one attached hydrogen (secondary N) is 1. The standard InChI is InChI=1S/C18H21NO2/c1-14(10-11-15-6-3-2-4-7-15)19-12-16-8-5-9-17-18(16)21-13-20-17/h2-9,14,19H,10-13H2,1H3/t14-/m1/s1. The second kappa shape index (κ2) is 6.64. The summed E-state index contributed by atoms with van der Waals surface area (Å²) in [7, 11) is 0. The fourth-order valence-electron chi connectivity index (χ4n) is 2.54. The van der Waals surface area contributed by atoms with Crippen LogP contribution in [0.3, 0.4) is 0 Å². The predicted octanol–water partition coefficient (Wildman–Crippen LogP) is 3.53. The third-order valence-electron chi connectivity index (χ3n) is 3.83. The average molecular weight is 283 g/mol. The van der Waals surface area contributed by atoms with Crippen molar-refractivity contribution in [3.63, 3.8) is 0 Å². The Labute approximate surface area is 125 Å². The van der Waals surface area contributed by atoms with E-state index < -0.39 is 0 Å². The average Bonchev–Trinajstić information content (AvgIpc) is 3.01. The zero-order valence-electron chi connectivity index (χ0n) is 12.3. The van der Waals surface area contributed by atoms with Crippen LogP contribution < -0.4 is 14.8 Å². The van der Waals surface area contributed by atoms with Crippen LogP contribution in [-0.4, -0.2) is 12.8 Å². The van der Waals surface area contributed by atoms with Crippen LogP contribution in [0.4, 0.5) is 0 Å². The lowest BCUT2D eigenvalue weighted by Gasteiger charge is -2.14. The molecule has 1 aliphatic heterocycles. The molecule has 3 nitrogen and oxygen atoms in total. The van der Waals surface area contributed by atoms with Crippen molar-refractivity contribution in [2.75, 3.05) is 6.79 Å². The second-order valence-corrected chi connectivity index (χ2v) is 5.46. The summed E-state index contributed by atoms with van der Waals surface area (Å²) in [6.07, 6.45) is 2.22. The molecule has 0 radical (unpaired) electrons. The smallest absolute Gasteiger partial charge is 0.231 e. The highest BCUT2D eigenvalue weighted by molar-refractivity contribution is 5.48. The van der Waals surface area contributed by atoms with E-state index in [1.807, 2.05) is 12.1 Å². The lowest BCUT2D eigenvalue weighted by atomic mass is 10.1. The van der Waals surface area contributed by atoms with Gasteiger partial charge in [-0.1, -0.05) is 42.5 Å². The third kappa shape index (κ3) is 3.56. The van der Waals surface area contributed by atoms with Gasteiger partial charge in [0.25, 0.3) is 0 Å². The maximum absolute atomic E-state index is 5.53. The Bertz CT molecular complexity index is 583. The topological polar surface area (TPSA) is 30.5 Å². The van der Waals surface area contributed by atoms with E-state index in [1.54, 1.807) is 0 Å². The normalized spacial score (nSPS) is 14.1. The first-order valence-electron chi connectivity index (χ1n) is 7.48. The van der Waals surface area contributed by atoms with E-state index in [1.165, 1.54) is 5.56 Å².